The smallest absolute Gasteiger partial charge is 0.333 e. The van der Waals surface area contributed by atoms with Gasteiger partial charge in [-0.15, -0.1) is 0 Å². The van der Waals surface area contributed by atoms with Crippen LogP contribution in [0.5, 0.6) is 0 Å². The van der Waals surface area contributed by atoms with Gasteiger partial charge in [-0.25, -0.2) is 4.79 Å². The fraction of sp³-hybridized carbons (Fsp3) is 0.545. The molecule has 0 amide bonds. The van der Waals surface area contributed by atoms with E-state index < -0.39 is 12.1 Å². The highest BCUT2D eigenvalue weighted by atomic mass is 16.6. The van der Waals surface area contributed by atoms with Crippen LogP contribution in [0, 0.1) is 0 Å². The van der Waals surface area contributed by atoms with Crippen LogP contribution in [0.25, 0.3) is 0 Å². The average molecular weight is 392 g/mol. The summed E-state index contributed by atoms with van der Waals surface area (Å²) < 4.78 is 21.3. The molecular formula is C22H32O6. The third kappa shape index (κ3) is 10.8. The summed E-state index contributed by atoms with van der Waals surface area (Å²) in [6.07, 6.45) is 2.84. The van der Waals surface area contributed by atoms with Gasteiger partial charge in [0.25, 0.3) is 0 Å². The Hall–Kier alpha value is -2.18. The Morgan fingerprint density at radius 2 is 1.68 bits per heavy atom. The molecule has 0 saturated carbocycles. The lowest BCUT2D eigenvalue weighted by Crippen LogP contribution is -2.17. The fourth-order valence-corrected chi connectivity index (χ4v) is 2.38. The minimum atomic E-state index is -0.433. The van der Waals surface area contributed by atoms with E-state index >= 15 is 0 Å². The second kappa shape index (κ2) is 14.8. The van der Waals surface area contributed by atoms with Gasteiger partial charge >= 0.3 is 11.9 Å². The van der Waals surface area contributed by atoms with E-state index in [1.54, 1.807) is 14.0 Å². The Morgan fingerprint density at radius 3 is 2.36 bits per heavy atom. The van der Waals surface area contributed by atoms with Crippen molar-refractivity contribution in [2.45, 2.75) is 45.1 Å². The fourth-order valence-electron chi connectivity index (χ4n) is 2.38. The molecule has 1 aromatic rings. The average Bonchev–Trinajstić information content (AvgIpc) is 2.69. The van der Waals surface area contributed by atoms with E-state index in [1.807, 2.05) is 30.3 Å². The van der Waals surface area contributed by atoms with E-state index in [-0.39, 0.29) is 19.0 Å². The minimum Gasteiger partial charge on any atom is -0.462 e. The number of hydrogen-bond donors (Lipinski definition) is 0. The van der Waals surface area contributed by atoms with Gasteiger partial charge in [0.2, 0.25) is 0 Å². The lowest BCUT2D eigenvalue weighted by molar-refractivity contribution is -0.153. The number of hydrogen-bond acceptors (Lipinski definition) is 6. The number of methoxy groups -OCH3 is 1. The predicted octanol–water partition coefficient (Wildman–Crippen LogP) is 4.00. The van der Waals surface area contributed by atoms with Crippen LogP contribution >= 0.6 is 0 Å². The number of esters is 2. The van der Waals surface area contributed by atoms with Crippen molar-refractivity contribution in [1.29, 1.82) is 0 Å². The molecule has 1 aromatic carbocycles. The van der Waals surface area contributed by atoms with Crippen molar-refractivity contribution in [3.8, 4) is 0 Å². The molecule has 0 bridgehead atoms. The van der Waals surface area contributed by atoms with E-state index in [2.05, 4.69) is 6.58 Å². The second-order valence-corrected chi connectivity index (χ2v) is 6.54. The maximum Gasteiger partial charge on any atom is 0.333 e. The van der Waals surface area contributed by atoms with E-state index in [1.165, 1.54) is 0 Å². The van der Waals surface area contributed by atoms with Gasteiger partial charge in [-0.05, 0) is 38.2 Å². The third-order valence-corrected chi connectivity index (χ3v) is 3.96. The summed E-state index contributed by atoms with van der Waals surface area (Å²) in [7, 11) is 1.68. The molecule has 0 fully saturated rings. The van der Waals surface area contributed by atoms with Gasteiger partial charge in [0.1, 0.15) is 0 Å². The molecule has 0 spiro atoms. The zero-order chi connectivity index (χ0) is 20.6. The van der Waals surface area contributed by atoms with Gasteiger partial charge in [-0.1, -0.05) is 36.9 Å². The normalized spacial score (nSPS) is 11.6. The van der Waals surface area contributed by atoms with Crippen LogP contribution in [0.1, 0.15) is 50.7 Å². The first-order valence-electron chi connectivity index (χ1n) is 9.68. The molecule has 6 nitrogen and oxygen atoms in total. The lowest BCUT2D eigenvalue weighted by atomic mass is 10.1. The van der Waals surface area contributed by atoms with E-state index in [9.17, 15) is 9.59 Å². The summed E-state index contributed by atoms with van der Waals surface area (Å²) in [4.78, 5) is 23.5. The number of benzene rings is 1. The minimum absolute atomic E-state index is 0.266. The molecule has 0 aliphatic heterocycles. The van der Waals surface area contributed by atoms with Crippen LogP contribution < -0.4 is 0 Å². The summed E-state index contributed by atoms with van der Waals surface area (Å²) in [5, 5.41) is 0. The molecule has 0 aliphatic rings. The number of unbranched alkanes of at least 4 members (excludes halogenated alkanes) is 2. The van der Waals surface area contributed by atoms with Gasteiger partial charge < -0.3 is 18.9 Å². The first kappa shape index (κ1) is 23.9. The molecule has 1 rings (SSSR count). The van der Waals surface area contributed by atoms with Crippen LogP contribution in [0.4, 0.5) is 0 Å². The summed E-state index contributed by atoms with van der Waals surface area (Å²) in [6.45, 7) is 7.02. The Kier molecular flexibility index (Phi) is 12.6. The molecule has 156 valence electrons. The Bertz CT molecular complexity index is 584. The van der Waals surface area contributed by atoms with Gasteiger partial charge in [-0.2, -0.15) is 0 Å². The van der Waals surface area contributed by atoms with E-state index in [0.29, 0.717) is 38.2 Å². The Balaban J connectivity index is 2.35. The van der Waals surface area contributed by atoms with Crippen LogP contribution in [-0.2, 0) is 28.5 Å². The van der Waals surface area contributed by atoms with E-state index in [0.717, 1.165) is 18.4 Å². The van der Waals surface area contributed by atoms with Crippen molar-refractivity contribution in [2.75, 3.05) is 33.5 Å². The molecule has 1 atom stereocenters. The quantitative estimate of drug-likeness (QED) is 0.255. The first-order chi connectivity index (χ1) is 13.5. The standard InChI is InChI=1S/C22H32O6/c1-18(2)22(24)27-16-8-7-13-21(23)28-20(19-11-5-4-6-12-19)17-26-15-10-9-14-25-3/h4-6,11-12,20H,1,7-10,13-17H2,2-3H3. The van der Waals surface area contributed by atoms with Crippen molar-refractivity contribution < 1.29 is 28.5 Å². The molecule has 0 saturated heterocycles. The Morgan fingerprint density at radius 1 is 1.00 bits per heavy atom. The molecule has 0 aliphatic carbocycles. The highest BCUT2D eigenvalue weighted by molar-refractivity contribution is 5.86. The largest absolute Gasteiger partial charge is 0.462 e. The van der Waals surface area contributed by atoms with Gasteiger partial charge in [-0.3, -0.25) is 4.79 Å². The summed E-state index contributed by atoms with van der Waals surface area (Å²) in [5.74, 6) is -0.697. The monoisotopic (exact) mass is 392 g/mol. The first-order valence-corrected chi connectivity index (χ1v) is 9.68. The zero-order valence-corrected chi connectivity index (χ0v) is 17.0. The zero-order valence-electron chi connectivity index (χ0n) is 17.0. The van der Waals surface area contributed by atoms with Crippen molar-refractivity contribution in [2.24, 2.45) is 0 Å². The van der Waals surface area contributed by atoms with Crippen LogP contribution in [-0.4, -0.2) is 45.5 Å². The van der Waals surface area contributed by atoms with Crippen molar-refractivity contribution in [3.63, 3.8) is 0 Å². The van der Waals surface area contributed by atoms with Crippen LogP contribution in [0.3, 0.4) is 0 Å². The van der Waals surface area contributed by atoms with Crippen molar-refractivity contribution >= 4 is 11.9 Å². The van der Waals surface area contributed by atoms with Gasteiger partial charge in [0, 0.05) is 32.3 Å². The predicted molar refractivity (Wildman–Crippen MR) is 107 cm³/mol. The maximum atomic E-state index is 12.2. The lowest BCUT2D eigenvalue weighted by Gasteiger charge is -2.18. The molecular weight excluding hydrogens is 360 g/mol. The maximum absolute atomic E-state index is 12.2. The molecule has 1 unspecified atom stereocenters. The Labute approximate surface area is 167 Å². The third-order valence-electron chi connectivity index (χ3n) is 3.96. The molecule has 0 heterocycles. The summed E-state index contributed by atoms with van der Waals surface area (Å²) in [5.41, 5.74) is 1.27. The SMILES string of the molecule is C=C(C)C(=O)OCCCCC(=O)OC(COCCCCOC)c1ccccc1. The van der Waals surface area contributed by atoms with Gasteiger partial charge in [0.05, 0.1) is 13.2 Å². The topological polar surface area (TPSA) is 71.1 Å². The van der Waals surface area contributed by atoms with Crippen LogP contribution in [0.2, 0.25) is 0 Å². The van der Waals surface area contributed by atoms with Crippen molar-refractivity contribution in [3.05, 3.63) is 48.0 Å². The summed E-state index contributed by atoms with van der Waals surface area (Å²) >= 11 is 0. The molecule has 6 heteroatoms. The molecule has 0 N–H and O–H groups in total. The highest BCUT2D eigenvalue weighted by Gasteiger charge is 2.17. The molecule has 0 radical (unpaired) electrons. The van der Waals surface area contributed by atoms with E-state index in [4.69, 9.17) is 18.9 Å². The van der Waals surface area contributed by atoms with Crippen molar-refractivity contribution in [1.82, 2.24) is 0 Å². The molecule has 28 heavy (non-hydrogen) atoms. The number of carbonyl (C=O) groups excluding carboxylic acids is 2. The number of ether oxygens (including phenoxy) is 4. The highest BCUT2D eigenvalue weighted by Crippen LogP contribution is 2.19. The van der Waals surface area contributed by atoms with Gasteiger partial charge in [0.15, 0.2) is 6.10 Å². The van der Waals surface area contributed by atoms with Crippen LogP contribution in [0.15, 0.2) is 42.5 Å². The second-order valence-electron chi connectivity index (χ2n) is 6.54. The molecule has 0 aromatic heterocycles. The summed E-state index contributed by atoms with van der Waals surface area (Å²) in [6, 6.07) is 9.57. The number of rotatable bonds is 15. The number of carbonyl (C=O) groups is 2.